The fraction of sp³-hybridized carbons (Fsp3) is 0.222. The van der Waals surface area contributed by atoms with E-state index in [0.29, 0.717) is 5.75 Å². The number of nitrogens with zero attached hydrogens (tertiary/aromatic N) is 1. The molecule has 17 heavy (non-hydrogen) atoms. The van der Waals surface area contributed by atoms with Crippen LogP contribution in [0, 0.1) is 10.7 Å². The standard InChI is InChI=1S/C9H8I3NO2S2/c1-16-13(17-2)9(14)15-8-6(11)3-5(10)4-7(8)12/h3-4H,1-2H3. The molecule has 0 spiro atoms. The van der Waals surface area contributed by atoms with E-state index in [2.05, 4.69) is 67.8 Å². The molecule has 0 aliphatic heterocycles. The van der Waals surface area contributed by atoms with Crippen molar-refractivity contribution in [2.45, 2.75) is 0 Å². The van der Waals surface area contributed by atoms with E-state index < -0.39 is 0 Å². The van der Waals surface area contributed by atoms with E-state index in [1.807, 2.05) is 24.6 Å². The highest BCUT2D eigenvalue weighted by molar-refractivity contribution is 14.1. The minimum atomic E-state index is -0.359. The maximum absolute atomic E-state index is 11.8. The van der Waals surface area contributed by atoms with Crippen molar-refractivity contribution in [3.05, 3.63) is 22.8 Å². The van der Waals surface area contributed by atoms with Crippen LogP contribution in [0.15, 0.2) is 12.1 Å². The molecule has 0 radical (unpaired) electrons. The Labute approximate surface area is 150 Å². The second-order valence-electron chi connectivity index (χ2n) is 2.69. The van der Waals surface area contributed by atoms with Crippen LogP contribution >= 0.6 is 91.7 Å². The van der Waals surface area contributed by atoms with Gasteiger partial charge in [0.15, 0.2) is 5.75 Å². The normalized spacial score (nSPS) is 10.2. The number of ether oxygens (including phenoxy) is 1. The van der Waals surface area contributed by atoms with Gasteiger partial charge in [0, 0.05) is 16.1 Å². The van der Waals surface area contributed by atoms with E-state index in [9.17, 15) is 4.79 Å². The highest BCUT2D eigenvalue weighted by Gasteiger charge is 2.18. The summed E-state index contributed by atoms with van der Waals surface area (Å²) in [4.78, 5) is 11.8. The average molecular weight is 607 g/mol. The lowest BCUT2D eigenvalue weighted by Gasteiger charge is -2.16. The Morgan fingerprint density at radius 2 is 1.65 bits per heavy atom. The Hall–Kier alpha value is 1.38. The Kier molecular flexibility index (Phi) is 7.58. The molecular formula is C9H8I3NO2S2. The maximum Gasteiger partial charge on any atom is 0.435 e. The predicted octanol–water partition coefficient (Wildman–Crippen LogP) is 4.86. The monoisotopic (exact) mass is 607 g/mol. The van der Waals surface area contributed by atoms with E-state index in [4.69, 9.17) is 4.74 Å². The summed E-state index contributed by atoms with van der Waals surface area (Å²) >= 11 is 9.24. The van der Waals surface area contributed by atoms with Gasteiger partial charge in [0.1, 0.15) is 0 Å². The van der Waals surface area contributed by atoms with Crippen molar-refractivity contribution in [3.63, 3.8) is 0 Å². The van der Waals surface area contributed by atoms with Crippen LogP contribution < -0.4 is 4.74 Å². The topological polar surface area (TPSA) is 29.5 Å². The van der Waals surface area contributed by atoms with Crippen LogP contribution in [0.4, 0.5) is 4.79 Å². The zero-order chi connectivity index (χ0) is 13.0. The van der Waals surface area contributed by atoms with Gasteiger partial charge in [0.25, 0.3) is 0 Å². The van der Waals surface area contributed by atoms with Gasteiger partial charge in [-0.3, -0.25) is 0 Å². The molecule has 3 nitrogen and oxygen atoms in total. The van der Waals surface area contributed by atoms with Gasteiger partial charge in [0.05, 0.1) is 7.14 Å². The number of carbonyl (C=O) groups is 1. The van der Waals surface area contributed by atoms with E-state index in [0.717, 1.165) is 10.7 Å². The highest BCUT2D eigenvalue weighted by Crippen LogP contribution is 2.31. The van der Waals surface area contributed by atoms with Crippen LogP contribution in [0.2, 0.25) is 0 Å². The van der Waals surface area contributed by atoms with Crippen molar-refractivity contribution < 1.29 is 9.53 Å². The Morgan fingerprint density at radius 1 is 1.18 bits per heavy atom. The first-order valence-electron chi connectivity index (χ1n) is 4.24. The van der Waals surface area contributed by atoms with Gasteiger partial charge >= 0.3 is 6.09 Å². The maximum atomic E-state index is 11.8. The zero-order valence-electron chi connectivity index (χ0n) is 8.87. The van der Waals surface area contributed by atoms with Crippen LogP contribution in [-0.4, -0.2) is 22.3 Å². The molecule has 0 atom stereocenters. The molecule has 1 aromatic carbocycles. The number of halogens is 3. The van der Waals surface area contributed by atoms with Crippen molar-refractivity contribution in [2.75, 3.05) is 12.5 Å². The molecule has 0 aliphatic rings. The molecule has 1 amide bonds. The number of amides is 1. The molecule has 0 bridgehead atoms. The zero-order valence-corrected chi connectivity index (χ0v) is 17.0. The van der Waals surface area contributed by atoms with E-state index in [1.54, 1.807) is 0 Å². The molecule has 0 fully saturated rings. The first-order valence-corrected chi connectivity index (χ1v) is 9.84. The van der Waals surface area contributed by atoms with Gasteiger partial charge in [-0.25, -0.2) is 4.79 Å². The molecule has 0 heterocycles. The first-order chi connectivity index (χ1) is 7.99. The third kappa shape index (κ3) is 4.76. The van der Waals surface area contributed by atoms with Crippen LogP contribution in [-0.2, 0) is 0 Å². The SMILES string of the molecule is CSN(SC)C(=O)Oc1c(I)cc(I)cc1I. The summed E-state index contributed by atoms with van der Waals surface area (Å²) in [7, 11) is 0. The van der Waals surface area contributed by atoms with Gasteiger partial charge in [-0.1, -0.05) is 0 Å². The second-order valence-corrected chi connectivity index (χ2v) is 7.95. The molecule has 8 heteroatoms. The minimum absolute atomic E-state index is 0.359. The van der Waals surface area contributed by atoms with Crippen molar-refractivity contribution >= 4 is 97.8 Å². The summed E-state index contributed by atoms with van der Waals surface area (Å²) in [6, 6.07) is 3.96. The molecule has 0 N–H and O–H groups in total. The van der Waals surface area contributed by atoms with Crippen molar-refractivity contribution in [1.82, 2.24) is 3.71 Å². The molecule has 0 aromatic heterocycles. The summed E-state index contributed by atoms with van der Waals surface area (Å²) in [5.41, 5.74) is 0. The number of hydrogen-bond acceptors (Lipinski definition) is 4. The third-order valence-corrected chi connectivity index (χ3v) is 5.71. The van der Waals surface area contributed by atoms with Gasteiger partial charge in [0.2, 0.25) is 0 Å². The van der Waals surface area contributed by atoms with Crippen LogP contribution in [0.1, 0.15) is 0 Å². The number of carbonyl (C=O) groups excluding carboxylic acids is 1. The Morgan fingerprint density at radius 3 is 2.06 bits per heavy atom. The molecule has 0 aliphatic carbocycles. The number of benzene rings is 1. The predicted molar refractivity (Wildman–Crippen MR) is 99.5 cm³/mol. The summed E-state index contributed by atoms with van der Waals surface area (Å²) in [6.07, 6.45) is 3.31. The van der Waals surface area contributed by atoms with Crippen molar-refractivity contribution in [3.8, 4) is 5.75 Å². The lowest BCUT2D eigenvalue weighted by molar-refractivity contribution is 0.196. The molecule has 1 aromatic rings. The molecule has 0 saturated carbocycles. The van der Waals surface area contributed by atoms with Crippen molar-refractivity contribution in [1.29, 1.82) is 0 Å². The van der Waals surface area contributed by atoms with E-state index in [1.165, 1.54) is 27.6 Å². The van der Waals surface area contributed by atoms with E-state index in [-0.39, 0.29) is 6.09 Å². The lowest BCUT2D eigenvalue weighted by atomic mass is 10.3. The number of rotatable bonds is 3. The van der Waals surface area contributed by atoms with Gasteiger partial charge in [-0.05, 0) is 104 Å². The van der Waals surface area contributed by atoms with Gasteiger partial charge < -0.3 is 4.74 Å². The average Bonchev–Trinajstić information content (AvgIpc) is 2.25. The van der Waals surface area contributed by atoms with Gasteiger partial charge in [-0.15, -0.1) is 0 Å². The summed E-state index contributed by atoms with van der Waals surface area (Å²) < 4.78 is 9.90. The molecule has 0 saturated heterocycles. The molecule has 1 rings (SSSR count). The van der Waals surface area contributed by atoms with Crippen LogP contribution in [0.5, 0.6) is 5.75 Å². The summed E-state index contributed by atoms with van der Waals surface area (Å²) in [5.74, 6) is 0.629. The number of hydrogen-bond donors (Lipinski definition) is 0. The Bertz CT molecular complexity index is 404. The molecule has 94 valence electrons. The van der Waals surface area contributed by atoms with Gasteiger partial charge in [-0.2, -0.15) is 3.71 Å². The highest BCUT2D eigenvalue weighted by atomic mass is 127. The van der Waals surface area contributed by atoms with Crippen LogP contribution in [0.25, 0.3) is 0 Å². The summed E-state index contributed by atoms with van der Waals surface area (Å²) in [5, 5.41) is 0. The fourth-order valence-corrected chi connectivity index (χ4v) is 5.75. The Balaban J connectivity index is 2.92. The molecule has 0 unspecified atom stereocenters. The van der Waals surface area contributed by atoms with E-state index >= 15 is 0 Å². The quantitative estimate of drug-likeness (QED) is 0.363. The smallest absolute Gasteiger partial charge is 0.407 e. The largest absolute Gasteiger partial charge is 0.435 e. The van der Waals surface area contributed by atoms with Crippen molar-refractivity contribution in [2.24, 2.45) is 0 Å². The summed E-state index contributed by atoms with van der Waals surface area (Å²) in [6.45, 7) is 0. The fourth-order valence-electron chi connectivity index (χ4n) is 0.975. The molecular weight excluding hydrogens is 599 g/mol. The lowest BCUT2D eigenvalue weighted by Crippen LogP contribution is -2.21. The second kappa shape index (κ2) is 7.85. The van der Waals surface area contributed by atoms with Crippen LogP contribution in [0.3, 0.4) is 0 Å². The first kappa shape index (κ1) is 16.4. The minimum Gasteiger partial charge on any atom is -0.407 e. The third-order valence-electron chi connectivity index (χ3n) is 1.63.